The first-order valence-electron chi connectivity index (χ1n) is 10.3. The van der Waals surface area contributed by atoms with Gasteiger partial charge in [-0.3, -0.25) is 0 Å². The van der Waals surface area contributed by atoms with Crippen LogP contribution in [0.4, 0.5) is 10.2 Å². The van der Waals surface area contributed by atoms with Crippen molar-refractivity contribution in [3.63, 3.8) is 0 Å². The fourth-order valence-electron chi connectivity index (χ4n) is 4.00. The normalized spacial score (nSPS) is 15.2. The van der Waals surface area contributed by atoms with Crippen LogP contribution in [0.3, 0.4) is 0 Å². The Bertz CT molecular complexity index is 1350. The minimum Gasteiger partial charge on any atom is -0.352 e. The van der Waals surface area contributed by atoms with Crippen molar-refractivity contribution in [2.75, 3.05) is 31.1 Å². The van der Waals surface area contributed by atoms with E-state index in [9.17, 15) is 12.8 Å². The Hall–Kier alpha value is -3.36. The van der Waals surface area contributed by atoms with Crippen LogP contribution in [0.15, 0.2) is 83.8 Å². The van der Waals surface area contributed by atoms with Gasteiger partial charge >= 0.3 is 0 Å². The molecule has 3 aromatic carbocycles. The van der Waals surface area contributed by atoms with E-state index in [0.717, 1.165) is 34.2 Å². The van der Waals surface area contributed by atoms with Crippen molar-refractivity contribution in [3.05, 3.63) is 84.7 Å². The molecule has 1 aliphatic heterocycles. The summed E-state index contributed by atoms with van der Waals surface area (Å²) in [6, 6.07) is 23.1. The van der Waals surface area contributed by atoms with Gasteiger partial charge in [0, 0.05) is 31.7 Å². The van der Waals surface area contributed by atoms with Gasteiger partial charge in [-0.15, -0.1) is 10.2 Å². The molecule has 1 aromatic heterocycles. The fraction of sp³-hybridized carbons (Fsp3) is 0.167. The summed E-state index contributed by atoms with van der Waals surface area (Å²) in [5.74, 6) is 0.257. The van der Waals surface area contributed by atoms with Crippen LogP contribution in [-0.2, 0) is 10.0 Å². The molecule has 0 bridgehead atoms. The molecule has 32 heavy (non-hydrogen) atoms. The molecule has 162 valence electrons. The second-order valence-electron chi connectivity index (χ2n) is 7.65. The lowest BCUT2D eigenvalue weighted by molar-refractivity contribution is 0.383. The van der Waals surface area contributed by atoms with Gasteiger partial charge in [0.2, 0.25) is 10.0 Å². The molecule has 0 aliphatic carbocycles. The Morgan fingerprint density at radius 2 is 1.47 bits per heavy atom. The van der Waals surface area contributed by atoms with E-state index in [1.54, 1.807) is 0 Å². The number of hydrogen-bond donors (Lipinski definition) is 0. The number of benzene rings is 3. The number of nitrogens with zero attached hydrogens (tertiary/aromatic N) is 4. The van der Waals surface area contributed by atoms with Gasteiger partial charge in [0.25, 0.3) is 0 Å². The molecule has 0 atom stereocenters. The highest BCUT2D eigenvalue weighted by Crippen LogP contribution is 2.28. The van der Waals surface area contributed by atoms with Crippen LogP contribution >= 0.6 is 0 Å². The largest absolute Gasteiger partial charge is 0.352 e. The average Bonchev–Trinajstić information content (AvgIpc) is 2.84. The lowest BCUT2D eigenvalue weighted by Crippen LogP contribution is -2.49. The van der Waals surface area contributed by atoms with Gasteiger partial charge in [0.15, 0.2) is 5.82 Å². The van der Waals surface area contributed by atoms with Crippen LogP contribution in [0, 0.1) is 5.82 Å². The van der Waals surface area contributed by atoms with E-state index in [1.807, 2.05) is 41.3 Å². The maximum atomic E-state index is 13.1. The van der Waals surface area contributed by atoms with Gasteiger partial charge in [0.05, 0.1) is 10.6 Å². The van der Waals surface area contributed by atoms with E-state index >= 15 is 0 Å². The molecule has 8 heteroatoms. The number of halogens is 1. The highest BCUT2D eigenvalue weighted by Gasteiger charge is 2.29. The first-order valence-corrected chi connectivity index (χ1v) is 11.8. The Labute approximate surface area is 186 Å². The summed E-state index contributed by atoms with van der Waals surface area (Å²) in [5, 5.41) is 11.1. The molecule has 2 heterocycles. The summed E-state index contributed by atoms with van der Waals surface area (Å²) in [6.07, 6.45) is 0. The van der Waals surface area contributed by atoms with Gasteiger partial charge in [0.1, 0.15) is 5.82 Å². The third kappa shape index (κ3) is 3.83. The summed E-state index contributed by atoms with van der Waals surface area (Å²) in [7, 11) is -3.64. The summed E-state index contributed by atoms with van der Waals surface area (Å²) in [5.41, 5.74) is 1.82. The molecule has 0 amide bonds. The number of fused-ring (bicyclic) bond motifs is 1. The van der Waals surface area contributed by atoms with E-state index in [2.05, 4.69) is 28.4 Å². The van der Waals surface area contributed by atoms with Gasteiger partial charge < -0.3 is 4.90 Å². The summed E-state index contributed by atoms with van der Waals surface area (Å²) < 4.78 is 40.2. The van der Waals surface area contributed by atoms with Crippen LogP contribution in [-0.4, -0.2) is 49.1 Å². The first kappa shape index (κ1) is 20.5. The predicted molar refractivity (Wildman–Crippen MR) is 122 cm³/mol. The third-order valence-electron chi connectivity index (χ3n) is 5.73. The van der Waals surface area contributed by atoms with Crippen LogP contribution in [0.1, 0.15) is 0 Å². The summed E-state index contributed by atoms with van der Waals surface area (Å²) >= 11 is 0. The number of piperazine rings is 1. The maximum absolute atomic E-state index is 13.1. The molecular formula is C24H21FN4O2S. The second kappa shape index (κ2) is 8.29. The molecule has 4 aromatic rings. The quantitative estimate of drug-likeness (QED) is 0.473. The number of aromatic nitrogens is 2. The third-order valence-corrected chi connectivity index (χ3v) is 7.64. The van der Waals surface area contributed by atoms with E-state index in [0.29, 0.717) is 32.0 Å². The van der Waals surface area contributed by atoms with Crippen molar-refractivity contribution in [1.29, 1.82) is 0 Å². The lowest BCUT2D eigenvalue weighted by atomic mass is 10.0. The van der Waals surface area contributed by atoms with Crippen molar-refractivity contribution in [1.82, 2.24) is 14.5 Å². The highest BCUT2D eigenvalue weighted by molar-refractivity contribution is 7.89. The van der Waals surface area contributed by atoms with Crippen LogP contribution < -0.4 is 4.90 Å². The number of anilines is 1. The molecule has 0 saturated carbocycles. The molecule has 6 nitrogen and oxygen atoms in total. The zero-order valence-corrected chi connectivity index (χ0v) is 18.0. The lowest BCUT2D eigenvalue weighted by Gasteiger charge is -2.34. The Kier molecular flexibility index (Phi) is 5.32. The monoisotopic (exact) mass is 448 g/mol. The SMILES string of the molecule is O=S(=O)(c1ccc(F)cc1)N1CCN(c2ccc(-c3cccc4ccccc34)nn2)CC1. The molecule has 1 fully saturated rings. The van der Waals surface area contributed by atoms with Gasteiger partial charge in [-0.2, -0.15) is 4.31 Å². The molecule has 0 radical (unpaired) electrons. The van der Waals surface area contributed by atoms with E-state index in [1.165, 1.54) is 16.4 Å². The molecule has 0 unspecified atom stereocenters. The van der Waals surface area contributed by atoms with Crippen molar-refractivity contribution in [2.45, 2.75) is 4.90 Å². The number of sulfonamides is 1. The minimum absolute atomic E-state index is 0.103. The molecule has 5 rings (SSSR count). The van der Waals surface area contributed by atoms with Crippen molar-refractivity contribution in [2.24, 2.45) is 0 Å². The fourth-order valence-corrected chi connectivity index (χ4v) is 5.42. The minimum atomic E-state index is -3.64. The van der Waals surface area contributed by atoms with Gasteiger partial charge in [-0.25, -0.2) is 12.8 Å². The van der Waals surface area contributed by atoms with Crippen LogP contribution in [0.2, 0.25) is 0 Å². The number of rotatable bonds is 4. The first-order chi connectivity index (χ1) is 15.5. The zero-order chi connectivity index (χ0) is 22.1. The topological polar surface area (TPSA) is 66.4 Å². The average molecular weight is 449 g/mol. The highest BCUT2D eigenvalue weighted by atomic mass is 32.2. The van der Waals surface area contributed by atoms with Gasteiger partial charge in [-0.1, -0.05) is 42.5 Å². The maximum Gasteiger partial charge on any atom is 0.243 e. The molecular weight excluding hydrogens is 427 g/mol. The standard InChI is InChI=1S/C24H21FN4O2S/c25-19-8-10-20(11-9-19)32(30,31)29-16-14-28(15-17-29)24-13-12-23(26-27-24)22-7-3-5-18-4-1-2-6-21(18)22/h1-13H,14-17H2. The van der Waals surface area contributed by atoms with E-state index in [4.69, 9.17) is 0 Å². The predicted octanol–water partition coefficient (Wildman–Crippen LogP) is 3.95. The Morgan fingerprint density at radius 3 is 2.19 bits per heavy atom. The van der Waals surface area contributed by atoms with Crippen molar-refractivity contribution in [3.8, 4) is 11.3 Å². The molecule has 0 N–H and O–H groups in total. The zero-order valence-electron chi connectivity index (χ0n) is 17.2. The Morgan fingerprint density at radius 1 is 0.750 bits per heavy atom. The smallest absolute Gasteiger partial charge is 0.243 e. The molecule has 0 spiro atoms. The van der Waals surface area contributed by atoms with Crippen molar-refractivity contribution >= 4 is 26.6 Å². The van der Waals surface area contributed by atoms with Crippen LogP contribution in [0.25, 0.3) is 22.0 Å². The molecule has 1 aliphatic rings. The molecule has 1 saturated heterocycles. The van der Waals surface area contributed by atoms with Gasteiger partial charge in [-0.05, 0) is 47.2 Å². The van der Waals surface area contributed by atoms with Crippen molar-refractivity contribution < 1.29 is 12.8 Å². The number of hydrogen-bond acceptors (Lipinski definition) is 5. The Balaban J connectivity index is 1.31. The van der Waals surface area contributed by atoms with E-state index in [-0.39, 0.29) is 4.90 Å². The van der Waals surface area contributed by atoms with Crippen LogP contribution in [0.5, 0.6) is 0 Å². The summed E-state index contributed by atoms with van der Waals surface area (Å²) in [6.45, 7) is 1.66. The summed E-state index contributed by atoms with van der Waals surface area (Å²) in [4.78, 5) is 2.13. The second-order valence-corrected chi connectivity index (χ2v) is 9.59. The van der Waals surface area contributed by atoms with E-state index < -0.39 is 15.8 Å².